The second-order valence-corrected chi connectivity index (χ2v) is 2.92. The largest absolute Gasteiger partial charge is 0.466 e. The number of hydrogen-bond acceptors (Lipinski definition) is 4. The third-order valence-corrected chi connectivity index (χ3v) is 1.69. The van der Waals surface area contributed by atoms with Crippen LogP contribution in [0.5, 0.6) is 0 Å². The van der Waals surface area contributed by atoms with Crippen LogP contribution in [0.2, 0.25) is 0 Å². The minimum absolute atomic E-state index is 0.0651. The van der Waals surface area contributed by atoms with Gasteiger partial charge in [-0.3, -0.25) is 4.79 Å². The normalized spacial score (nSPS) is 12.5. The molecular formula is C9H18O4. The molecule has 0 aromatic carbocycles. The first-order valence-corrected chi connectivity index (χ1v) is 4.65. The van der Waals surface area contributed by atoms with Gasteiger partial charge in [0.25, 0.3) is 0 Å². The highest BCUT2D eigenvalue weighted by Crippen LogP contribution is 1.99. The molecule has 13 heavy (non-hydrogen) atoms. The molecule has 0 rings (SSSR count). The van der Waals surface area contributed by atoms with Crippen molar-refractivity contribution in [2.24, 2.45) is 0 Å². The molecule has 0 radical (unpaired) electrons. The lowest BCUT2D eigenvalue weighted by atomic mass is 10.2. The van der Waals surface area contributed by atoms with Gasteiger partial charge in [0.05, 0.1) is 19.1 Å². The quantitative estimate of drug-likeness (QED) is 0.452. The summed E-state index contributed by atoms with van der Waals surface area (Å²) in [6, 6.07) is 0. The van der Waals surface area contributed by atoms with Crippen LogP contribution in [0.25, 0.3) is 0 Å². The Morgan fingerprint density at radius 2 is 2.15 bits per heavy atom. The van der Waals surface area contributed by atoms with E-state index in [0.29, 0.717) is 25.9 Å². The monoisotopic (exact) mass is 190 g/mol. The number of hydrogen-bond donors (Lipinski definition) is 2. The lowest BCUT2D eigenvalue weighted by Gasteiger charge is -2.07. The molecule has 78 valence electrons. The zero-order chi connectivity index (χ0) is 10.1. The van der Waals surface area contributed by atoms with Crippen LogP contribution in [-0.4, -0.2) is 35.5 Å². The first kappa shape index (κ1) is 12.4. The van der Waals surface area contributed by atoms with Gasteiger partial charge in [0.15, 0.2) is 0 Å². The lowest BCUT2D eigenvalue weighted by molar-refractivity contribution is -0.146. The van der Waals surface area contributed by atoms with Gasteiger partial charge in [0, 0.05) is 6.61 Å². The molecule has 0 bridgehead atoms. The second kappa shape index (κ2) is 8.01. The molecule has 0 saturated carbocycles. The fourth-order valence-corrected chi connectivity index (χ4v) is 0.796. The molecule has 0 aliphatic heterocycles. The molecule has 2 N–H and O–H groups in total. The lowest BCUT2D eigenvalue weighted by Crippen LogP contribution is -2.15. The van der Waals surface area contributed by atoms with Crippen LogP contribution in [-0.2, 0) is 9.53 Å². The van der Waals surface area contributed by atoms with Crippen molar-refractivity contribution in [2.75, 3.05) is 13.2 Å². The Kier molecular flexibility index (Phi) is 7.63. The molecule has 1 atom stereocenters. The third-order valence-electron chi connectivity index (χ3n) is 1.69. The maximum Gasteiger partial charge on any atom is 0.308 e. The molecule has 1 unspecified atom stereocenters. The number of ether oxygens (including phenoxy) is 1. The average molecular weight is 190 g/mol. The molecule has 0 heterocycles. The first-order chi connectivity index (χ1) is 6.20. The van der Waals surface area contributed by atoms with Gasteiger partial charge in [0.2, 0.25) is 0 Å². The topological polar surface area (TPSA) is 66.8 Å². The number of esters is 1. The molecule has 4 nitrogen and oxygen atoms in total. The van der Waals surface area contributed by atoms with Crippen molar-refractivity contribution < 1.29 is 19.7 Å². The van der Waals surface area contributed by atoms with Crippen LogP contribution in [0.4, 0.5) is 0 Å². The van der Waals surface area contributed by atoms with Gasteiger partial charge >= 0.3 is 5.97 Å². The molecular weight excluding hydrogens is 172 g/mol. The summed E-state index contributed by atoms with van der Waals surface area (Å²) in [5.41, 5.74) is 0. The summed E-state index contributed by atoms with van der Waals surface area (Å²) >= 11 is 0. The number of rotatable bonds is 7. The molecule has 0 fully saturated rings. The Morgan fingerprint density at radius 1 is 1.46 bits per heavy atom. The van der Waals surface area contributed by atoms with E-state index in [0.717, 1.165) is 0 Å². The Labute approximate surface area is 78.5 Å². The maximum atomic E-state index is 10.9. The minimum atomic E-state index is -0.592. The van der Waals surface area contributed by atoms with E-state index in [1.54, 1.807) is 0 Å². The molecule has 0 aromatic heterocycles. The van der Waals surface area contributed by atoms with E-state index in [1.165, 1.54) is 0 Å². The second-order valence-electron chi connectivity index (χ2n) is 2.92. The van der Waals surface area contributed by atoms with Crippen LogP contribution < -0.4 is 0 Å². The minimum Gasteiger partial charge on any atom is -0.466 e. The zero-order valence-corrected chi connectivity index (χ0v) is 8.03. The molecule has 4 heteroatoms. The summed E-state index contributed by atoms with van der Waals surface area (Å²) in [4.78, 5) is 10.9. The van der Waals surface area contributed by atoms with E-state index in [2.05, 4.69) is 0 Å². The van der Waals surface area contributed by atoms with Crippen molar-refractivity contribution in [3.8, 4) is 0 Å². The Bertz CT molecular complexity index is 136. The predicted molar refractivity (Wildman–Crippen MR) is 48.2 cm³/mol. The van der Waals surface area contributed by atoms with Crippen LogP contribution in [0, 0.1) is 0 Å². The van der Waals surface area contributed by atoms with Crippen molar-refractivity contribution in [1.82, 2.24) is 0 Å². The smallest absolute Gasteiger partial charge is 0.308 e. The molecule has 0 spiro atoms. The summed E-state index contributed by atoms with van der Waals surface area (Å²) < 4.78 is 4.81. The summed E-state index contributed by atoms with van der Waals surface area (Å²) in [5.74, 6) is -0.368. The Balaban J connectivity index is 3.30. The maximum absolute atomic E-state index is 10.9. The Hall–Kier alpha value is -0.610. The van der Waals surface area contributed by atoms with Crippen LogP contribution >= 0.6 is 0 Å². The van der Waals surface area contributed by atoms with Gasteiger partial charge in [-0.2, -0.15) is 0 Å². The predicted octanol–water partition coefficient (Wildman–Crippen LogP) is 0.463. The fraction of sp³-hybridized carbons (Fsp3) is 0.889. The van der Waals surface area contributed by atoms with Crippen molar-refractivity contribution in [2.45, 2.75) is 38.7 Å². The van der Waals surface area contributed by atoms with Gasteiger partial charge in [-0.15, -0.1) is 0 Å². The van der Waals surface area contributed by atoms with Crippen molar-refractivity contribution >= 4 is 5.97 Å². The summed E-state index contributed by atoms with van der Waals surface area (Å²) in [6.45, 7) is 2.26. The molecule has 0 aromatic rings. The Morgan fingerprint density at radius 3 is 2.69 bits per heavy atom. The van der Waals surface area contributed by atoms with Crippen molar-refractivity contribution in [1.29, 1.82) is 0 Å². The third kappa shape index (κ3) is 7.74. The number of unbranched alkanes of at least 4 members (excludes halogenated alkanes) is 1. The van der Waals surface area contributed by atoms with Gasteiger partial charge in [-0.1, -0.05) is 6.92 Å². The zero-order valence-electron chi connectivity index (χ0n) is 8.03. The van der Waals surface area contributed by atoms with E-state index < -0.39 is 6.10 Å². The molecule has 0 saturated heterocycles. The molecule has 0 aliphatic rings. The van der Waals surface area contributed by atoms with E-state index in [4.69, 9.17) is 14.9 Å². The highest BCUT2D eigenvalue weighted by molar-refractivity contribution is 5.69. The summed E-state index contributed by atoms with van der Waals surface area (Å²) in [6.07, 6.45) is 1.35. The van der Waals surface area contributed by atoms with E-state index in [-0.39, 0.29) is 19.0 Å². The van der Waals surface area contributed by atoms with Gasteiger partial charge in [-0.25, -0.2) is 0 Å². The van der Waals surface area contributed by atoms with E-state index in [1.807, 2.05) is 6.92 Å². The summed E-state index contributed by atoms with van der Waals surface area (Å²) in [7, 11) is 0. The number of carbonyl (C=O) groups excluding carboxylic acids is 1. The average Bonchev–Trinajstić information content (AvgIpc) is 2.12. The van der Waals surface area contributed by atoms with E-state index >= 15 is 0 Å². The van der Waals surface area contributed by atoms with Crippen LogP contribution in [0.1, 0.15) is 32.6 Å². The van der Waals surface area contributed by atoms with E-state index in [9.17, 15) is 4.79 Å². The summed E-state index contributed by atoms with van der Waals surface area (Å²) in [5, 5.41) is 17.5. The molecule has 0 aliphatic carbocycles. The highest BCUT2D eigenvalue weighted by atomic mass is 16.5. The first-order valence-electron chi connectivity index (χ1n) is 4.65. The van der Waals surface area contributed by atoms with Crippen molar-refractivity contribution in [3.63, 3.8) is 0 Å². The number of carbonyl (C=O) groups is 1. The highest BCUT2D eigenvalue weighted by Gasteiger charge is 2.09. The standard InChI is InChI=1S/C9H18O4/c1-2-8(11)7-9(12)13-6-4-3-5-10/h8,10-11H,2-7H2,1H3. The van der Waals surface area contributed by atoms with Crippen LogP contribution in [0.15, 0.2) is 0 Å². The van der Waals surface area contributed by atoms with Crippen LogP contribution in [0.3, 0.4) is 0 Å². The van der Waals surface area contributed by atoms with Gasteiger partial charge in [0.1, 0.15) is 0 Å². The van der Waals surface area contributed by atoms with Gasteiger partial charge < -0.3 is 14.9 Å². The van der Waals surface area contributed by atoms with Crippen molar-refractivity contribution in [3.05, 3.63) is 0 Å². The number of aliphatic hydroxyl groups excluding tert-OH is 2. The molecule has 0 amide bonds. The SMILES string of the molecule is CCC(O)CC(=O)OCCCCO. The fourth-order valence-electron chi connectivity index (χ4n) is 0.796. The number of aliphatic hydroxyl groups is 2. The van der Waals surface area contributed by atoms with Gasteiger partial charge in [-0.05, 0) is 19.3 Å².